The number of nitrogens with one attached hydrogen (secondary N) is 1. The van der Waals surface area contributed by atoms with Crippen molar-refractivity contribution in [3.63, 3.8) is 0 Å². The lowest BCUT2D eigenvalue weighted by Gasteiger charge is -2.42. The minimum Gasteiger partial charge on any atom is -0.394 e. The molecule has 2 amide bonds. The maximum absolute atomic E-state index is 12.8. The lowest BCUT2D eigenvalue weighted by Crippen LogP contribution is -2.56. The number of hydrogen-bond donors (Lipinski definition) is 2. The van der Waals surface area contributed by atoms with Crippen LogP contribution in [0, 0.1) is 0 Å². The molecular weight excluding hydrogens is 314 g/mol. The predicted octanol–water partition coefficient (Wildman–Crippen LogP) is 2.55. The van der Waals surface area contributed by atoms with Gasteiger partial charge in [0.1, 0.15) is 0 Å². The number of carbonyl (C=O) groups is 1. The summed E-state index contributed by atoms with van der Waals surface area (Å²) in [6.07, 6.45) is 4.64. The Morgan fingerprint density at radius 2 is 1.92 bits per heavy atom. The monoisotopic (exact) mass is 345 g/mol. The molecule has 1 atom stereocenters. The highest BCUT2D eigenvalue weighted by Gasteiger charge is 2.32. The van der Waals surface area contributed by atoms with E-state index in [2.05, 4.69) is 30.1 Å². The van der Waals surface area contributed by atoms with Gasteiger partial charge in [-0.05, 0) is 57.3 Å². The Morgan fingerprint density at radius 3 is 2.64 bits per heavy atom. The van der Waals surface area contributed by atoms with Crippen LogP contribution in [0.2, 0.25) is 0 Å². The third-order valence-corrected chi connectivity index (χ3v) is 5.73. The maximum Gasteiger partial charge on any atom is 0.318 e. The Morgan fingerprint density at radius 1 is 1.20 bits per heavy atom. The van der Waals surface area contributed by atoms with Crippen LogP contribution in [0.5, 0.6) is 0 Å². The summed E-state index contributed by atoms with van der Waals surface area (Å²) in [4.78, 5) is 17.1. The fourth-order valence-electron chi connectivity index (χ4n) is 4.10. The molecule has 0 spiro atoms. The van der Waals surface area contributed by atoms with Gasteiger partial charge in [0, 0.05) is 18.6 Å². The number of carbonyl (C=O) groups excluding carboxylic acids is 1. The smallest absolute Gasteiger partial charge is 0.318 e. The van der Waals surface area contributed by atoms with Crippen molar-refractivity contribution in [2.45, 2.75) is 51.1 Å². The van der Waals surface area contributed by atoms with Gasteiger partial charge in [0.15, 0.2) is 0 Å². The van der Waals surface area contributed by atoms with E-state index in [9.17, 15) is 9.90 Å². The first-order valence-electron chi connectivity index (χ1n) is 9.51. The van der Waals surface area contributed by atoms with E-state index in [0.29, 0.717) is 13.1 Å². The average molecular weight is 345 g/mol. The largest absolute Gasteiger partial charge is 0.394 e. The third kappa shape index (κ3) is 3.98. The van der Waals surface area contributed by atoms with Crippen molar-refractivity contribution in [1.29, 1.82) is 0 Å². The SMILES string of the molecule is CC(C)(CNC(=O)N1CCc2ccccc2C1CO)N1CCCCC1. The number of amides is 2. The molecule has 0 aromatic heterocycles. The number of piperidine rings is 1. The summed E-state index contributed by atoms with van der Waals surface area (Å²) < 4.78 is 0. The number of aliphatic hydroxyl groups excluding tert-OH is 1. The van der Waals surface area contributed by atoms with Gasteiger partial charge in [0.05, 0.1) is 12.6 Å². The average Bonchev–Trinajstić information content (AvgIpc) is 2.66. The van der Waals surface area contributed by atoms with E-state index in [4.69, 9.17) is 0 Å². The van der Waals surface area contributed by atoms with Crippen molar-refractivity contribution < 1.29 is 9.90 Å². The van der Waals surface area contributed by atoms with Crippen LogP contribution in [0.3, 0.4) is 0 Å². The Balaban J connectivity index is 1.63. The van der Waals surface area contributed by atoms with Gasteiger partial charge in [-0.15, -0.1) is 0 Å². The van der Waals surface area contributed by atoms with Crippen LogP contribution < -0.4 is 5.32 Å². The molecule has 1 saturated heterocycles. The van der Waals surface area contributed by atoms with E-state index in [1.807, 2.05) is 18.2 Å². The molecule has 1 aromatic carbocycles. The highest BCUT2D eigenvalue weighted by Crippen LogP contribution is 2.29. The van der Waals surface area contributed by atoms with Crippen molar-refractivity contribution in [3.8, 4) is 0 Å². The maximum atomic E-state index is 12.8. The molecule has 2 aliphatic heterocycles. The zero-order valence-corrected chi connectivity index (χ0v) is 15.5. The molecular formula is C20H31N3O2. The fraction of sp³-hybridized carbons (Fsp3) is 0.650. The van der Waals surface area contributed by atoms with E-state index in [1.54, 1.807) is 4.90 Å². The molecule has 2 heterocycles. The summed E-state index contributed by atoms with van der Waals surface area (Å²) in [5, 5.41) is 13.0. The summed E-state index contributed by atoms with van der Waals surface area (Å²) in [5.74, 6) is 0. The van der Waals surface area contributed by atoms with Gasteiger partial charge >= 0.3 is 6.03 Å². The number of fused-ring (bicyclic) bond motifs is 1. The topological polar surface area (TPSA) is 55.8 Å². The van der Waals surface area contributed by atoms with Crippen molar-refractivity contribution in [2.75, 3.05) is 32.8 Å². The van der Waals surface area contributed by atoms with E-state index >= 15 is 0 Å². The van der Waals surface area contributed by atoms with Gasteiger partial charge in [-0.3, -0.25) is 4.90 Å². The van der Waals surface area contributed by atoms with Gasteiger partial charge in [0.2, 0.25) is 0 Å². The zero-order valence-electron chi connectivity index (χ0n) is 15.5. The molecule has 138 valence electrons. The van der Waals surface area contributed by atoms with Crippen LogP contribution in [-0.4, -0.2) is 59.3 Å². The Kier molecular flexibility index (Phi) is 5.64. The van der Waals surface area contributed by atoms with Crippen LogP contribution in [0.1, 0.15) is 50.3 Å². The number of urea groups is 1. The van der Waals surface area contributed by atoms with Crippen LogP contribution in [-0.2, 0) is 6.42 Å². The van der Waals surface area contributed by atoms with E-state index < -0.39 is 0 Å². The highest BCUT2D eigenvalue weighted by atomic mass is 16.3. The lowest BCUT2D eigenvalue weighted by atomic mass is 9.93. The minimum atomic E-state index is -0.247. The molecule has 1 aromatic rings. The normalized spacial score (nSPS) is 21.7. The number of hydrogen-bond acceptors (Lipinski definition) is 3. The van der Waals surface area contributed by atoms with Crippen LogP contribution >= 0.6 is 0 Å². The molecule has 1 unspecified atom stereocenters. The standard InChI is InChI=1S/C20H31N3O2/c1-20(2,22-11-6-3-7-12-22)15-21-19(25)23-13-10-16-8-4-5-9-17(16)18(23)14-24/h4-5,8-9,18,24H,3,6-7,10-15H2,1-2H3,(H,21,25). The number of rotatable bonds is 4. The third-order valence-electron chi connectivity index (χ3n) is 5.73. The van der Waals surface area contributed by atoms with Gasteiger partial charge in [0.25, 0.3) is 0 Å². The predicted molar refractivity (Wildman–Crippen MR) is 99.6 cm³/mol. The zero-order chi connectivity index (χ0) is 17.9. The number of likely N-dealkylation sites (tertiary alicyclic amines) is 1. The van der Waals surface area contributed by atoms with Crippen molar-refractivity contribution in [3.05, 3.63) is 35.4 Å². The Labute approximate surface area is 151 Å². The van der Waals surface area contributed by atoms with Gasteiger partial charge < -0.3 is 15.3 Å². The Hall–Kier alpha value is -1.59. The van der Waals surface area contributed by atoms with Gasteiger partial charge in [-0.1, -0.05) is 30.7 Å². The van der Waals surface area contributed by atoms with Gasteiger partial charge in [-0.25, -0.2) is 4.79 Å². The molecule has 25 heavy (non-hydrogen) atoms. The van der Waals surface area contributed by atoms with Crippen molar-refractivity contribution >= 4 is 6.03 Å². The molecule has 0 bridgehead atoms. The molecule has 0 radical (unpaired) electrons. The fourth-order valence-corrected chi connectivity index (χ4v) is 4.10. The summed E-state index contributed by atoms with van der Waals surface area (Å²) >= 11 is 0. The second-order valence-corrected chi connectivity index (χ2v) is 7.86. The molecule has 5 heteroatoms. The van der Waals surface area contributed by atoms with E-state index in [-0.39, 0.29) is 24.2 Å². The number of nitrogens with zero attached hydrogens (tertiary/aromatic N) is 2. The Bertz CT molecular complexity index is 596. The quantitative estimate of drug-likeness (QED) is 0.882. The van der Waals surface area contributed by atoms with E-state index in [0.717, 1.165) is 25.1 Å². The molecule has 5 nitrogen and oxygen atoms in total. The number of aliphatic hydroxyl groups is 1. The summed E-state index contributed by atoms with van der Waals surface area (Å²) in [6.45, 7) is 7.86. The first kappa shape index (κ1) is 18.2. The van der Waals surface area contributed by atoms with Gasteiger partial charge in [-0.2, -0.15) is 0 Å². The van der Waals surface area contributed by atoms with Crippen LogP contribution in [0.15, 0.2) is 24.3 Å². The second-order valence-electron chi connectivity index (χ2n) is 7.86. The number of benzene rings is 1. The minimum absolute atomic E-state index is 0.0417. The first-order chi connectivity index (χ1) is 12.0. The second kappa shape index (κ2) is 7.75. The highest BCUT2D eigenvalue weighted by molar-refractivity contribution is 5.75. The molecule has 0 aliphatic carbocycles. The van der Waals surface area contributed by atoms with Crippen molar-refractivity contribution in [2.24, 2.45) is 0 Å². The molecule has 2 N–H and O–H groups in total. The van der Waals surface area contributed by atoms with Crippen molar-refractivity contribution in [1.82, 2.24) is 15.1 Å². The first-order valence-corrected chi connectivity index (χ1v) is 9.51. The lowest BCUT2D eigenvalue weighted by molar-refractivity contribution is 0.0888. The summed E-state index contributed by atoms with van der Waals surface area (Å²) in [5.41, 5.74) is 2.26. The van der Waals surface area contributed by atoms with E-state index in [1.165, 1.54) is 24.8 Å². The molecule has 2 aliphatic rings. The molecule has 0 saturated carbocycles. The van der Waals surface area contributed by atoms with Crippen LogP contribution in [0.25, 0.3) is 0 Å². The summed E-state index contributed by atoms with van der Waals surface area (Å²) in [7, 11) is 0. The molecule has 3 rings (SSSR count). The molecule has 1 fully saturated rings. The summed E-state index contributed by atoms with van der Waals surface area (Å²) in [6, 6.07) is 7.79. The van der Waals surface area contributed by atoms with Crippen LogP contribution in [0.4, 0.5) is 4.79 Å².